The second-order valence-corrected chi connectivity index (χ2v) is 8.35. The highest BCUT2D eigenvalue weighted by Gasteiger charge is 2.35. The fraction of sp³-hybridized carbons (Fsp3) is 0.304. The predicted molar refractivity (Wildman–Crippen MR) is 123 cm³/mol. The van der Waals surface area contributed by atoms with Gasteiger partial charge in [-0.25, -0.2) is 23.1 Å². The van der Waals surface area contributed by atoms with E-state index in [1.807, 2.05) is 11.8 Å². The SMILES string of the molecule is CCN(Cc1cn(Cc2ccccc2[N+](=O)[O-])nn1)CC(O)(Cn1cncn1)c1ccc(F)cc1F. The molecule has 0 saturated carbocycles. The molecule has 36 heavy (non-hydrogen) atoms. The van der Waals surface area contributed by atoms with Crippen molar-refractivity contribution in [1.82, 2.24) is 34.7 Å². The molecule has 0 aliphatic carbocycles. The van der Waals surface area contributed by atoms with Gasteiger partial charge >= 0.3 is 0 Å². The number of halogens is 2. The summed E-state index contributed by atoms with van der Waals surface area (Å²) in [4.78, 5) is 16.5. The fourth-order valence-electron chi connectivity index (χ4n) is 4.03. The molecule has 1 unspecified atom stereocenters. The fourth-order valence-corrected chi connectivity index (χ4v) is 4.03. The van der Waals surface area contributed by atoms with Gasteiger partial charge in [-0.1, -0.05) is 36.4 Å². The second-order valence-electron chi connectivity index (χ2n) is 8.35. The first-order valence-corrected chi connectivity index (χ1v) is 11.1. The Hall–Kier alpha value is -4.10. The van der Waals surface area contributed by atoms with Crippen LogP contribution in [0.5, 0.6) is 0 Å². The molecule has 0 aliphatic heterocycles. The molecule has 1 N–H and O–H groups in total. The molecular weight excluding hydrogens is 474 g/mol. The Balaban J connectivity index is 1.53. The molecule has 13 heteroatoms. The summed E-state index contributed by atoms with van der Waals surface area (Å²) in [5.74, 6) is -1.62. The summed E-state index contributed by atoms with van der Waals surface area (Å²) < 4.78 is 31.1. The van der Waals surface area contributed by atoms with Crippen LogP contribution in [0.15, 0.2) is 61.3 Å². The van der Waals surface area contributed by atoms with Crippen molar-refractivity contribution in [2.24, 2.45) is 0 Å². The lowest BCUT2D eigenvalue weighted by atomic mass is 9.92. The monoisotopic (exact) mass is 498 g/mol. The molecule has 0 bridgehead atoms. The van der Waals surface area contributed by atoms with Crippen molar-refractivity contribution >= 4 is 5.69 Å². The van der Waals surface area contributed by atoms with Crippen molar-refractivity contribution in [3.63, 3.8) is 0 Å². The van der Waals surface area contributed by atoms with Crippen LogP contribution in [-0.4, -0.2) is 57.8 Å². The number of para-hydroxylation sites is 1. The first-order valence-electron chi connectivity index (χ1n) is 11.1. The molecule has 0 aliphatic rings. The quantitative estimate of drug-likeness (QED) is 0.247. The van der Waals surface area contributed by atoms with Gasteiger partial charge < -0.3 is 5.11 Å². The van der Waals surface area contributed by atoms with Gasteiger partial charge in [0.1, 0.15) is 29.9 Å². The summed E-state index contributed by atoms with van der Waals surface area (Å²) in [5.41, 5.74) is -0.803. The third-order valence-electron chi connectivity index (χ3n) is 5.75. The lowest BCUT2D eigenvalue weighted by molar-refractivity contribution is -0.385. The Morgan fingerprint density at radius 3 is 2.69 bits per heavy atom. The van der Waals surface area contributed by atoms with Gasteiger partial charge in [-0.3, -0.25) is 15.0 Å². The van der Waals surface area contributed by atoms with E-state index in [4.69, 9.17) is 0 Å². The first-order chi connectivity index (χ1) is 17.3. The number of rotatable bonds is 11. The molecule has 2 aromatic carbocycles. The van der Waals surface area contributed by atoms with E-state index in [1.54, 1.807) is 24.4 Å². The van der Waals surface area contributed by atoms with E-state index in [-0.39, 0.29) is 37.4 Å². The summed E-state index contributed by atoms with van der Waals surface area (Å²) in [5, 5.41) is 35.1. The molecular formula is C23H24F2N8O3. The van der Waals surface area contributed by atoms with Gasteiger partial charge in [-0.15, -0.1) is 5.10 Å². The van der Waals surface area contributed by atoms with Crippen molar-refractivity contribution in [1.29, 1.82) is 0 Å². The molecule has 0 fully saturated rings. The minimum atomic E-state index is -1.76. The number of hydrogen-bond acceptors (Lipinski definition) is 8. The van der Waals surface area contributed by atoms with Crippen LogP contribution in [0.2, 0.25) is 0 Å². The molecule has 0 radical (unpaired) electrons. The number of likely N-dealkylation sites (N-methyl/N-ethyl adjacent to an activating group) is 1. The number of aliphatic hydroxyl groups is 1. The van der Waals surface area contributed by atoms with Gasteiger partial charge in [0.05, 0.1) is 35.5 Å². The number of nitro benzene ring substituents is 1. The normalized spacial score (nSPS) is 13.1. The maximum atomic E-state index is 14.7. The van der Waals surface area contributed by atoms with Crippen LogP contribution < -0.4 is 0 Å². The molecule has 4 aromatic rings. The van der Waals surface area contributed by atoms with Gasteiger partial charge in [0.25, 0.3) is 5.69 Å². The van der Waals surface area contributed by atoms with Crippen molar-refractivity contribution in [2.45, 2.75) is 32.2 Å². The van der Waals surface area contributed by atoms with Gasteiger partial charge in [0.2, 0.25) is 0 Å². The van der Waals surface area contributed by atoms with Crippen LogP contribution in [0.1, 0.15) is 23.7 Å². The highest BCUT2D eigenvalue weighted by Crippen LogP contribution is 2.28. The van der Waals surface area contributed by atoms with Crippen molar-refractivity contribution in [2.75, 3.05) is 13.1 Å². The number of hydrogen-bond donors (Lipinski definition) is 1. The van der Waals surface area contributed by atoms with Crippen LogP contribution in [0, 0.1) is 21.7 Å². The topological polar surface area (TPSA) is 128 Å². The van der Waals surface area contributed by atoms with Crippen LogP contribution in [0.3, 0.4) is 0 Å². The number of nitro groups is 1. The van der Waals surface area contributed by atoms with E-state index >= 15 is 0 Å². The number of nitrogens with zero attached hydrogens (tertiary/aromatic N) is 8. The maximum Gasteiger partial charge on any atom is 0.274 e. The lowest BCUT2D eigenvalue weighted by Crippen LogP contribution is -2.44. The maximum absolute atomic E-state index is 14.7. The molecule has 2 aromatic heterocycles. The van der Waals surface area contributed by atoms with Gasteiger partial charge in [-0.05, 0) is 12.6 Å². The second kappa shape index (κ2) is 10.7. The van der Waals surface area contributed by atoms with Gasteiger partial charge in [0, 0.05) is 30.8 Å². The first kappa shape index (κ1) is 25.0. The van der Waals surface area contributed by atoms with Crippen LogP contribution in [0.25, 0.3) is 0 Å². The summed E-state index contributed by atoms with van der Waals surface area (Å²) in [6.45, 7) is 2.62. The average Bonchev–Trinajstić information content (AvgIpc) is 3.50. The smallest absolute Gasteiger partial charge is 0.274 e. The third-order valence-corrected chi connectivity index (χ3v) is 5.75. The Kier molecular flexibility index (Phi) is 7.41. The Morgan fingerprint density at radius 2 is 2.00 bits per heavy atom. The summed E-state index contributed by atoms with van der Waals surface area (Å²) >= 11 is 0. The number of benzene rings is 2. The van der Waals surface area contributed by atoms with Crippen LogP contribution >= 0.6 is 0 Å². The zero-order valence-electron chi connectivity index (χ0n) is 19.4. The summed E-state index contributed by atoms with van der Waals surface area (Å²) in [7, 11) is 0. The molecule has 0 saturated heterocycles. The van der Waals surface area contributed by atoms with Crippen LogP contribution in [0.4, 0.5) is 14.5 Å². The predicted octanol–water partition coefficient (Wildman–Crippen LogP) is 2.51. The lowest BCUT2D eigenvalue weighted by Gasteiger charge is -2.34. The molecule has 4 rings (SSSR count). The molecule has 2 heterocycles. The zero-order chi connectivity index (χ0) is 25.7. The largest absolute Gasteiger partial charge is 0.382 e. The molecule has 1 atom stereocenters. The zero-order valence-corrected chi connectivity index (χ0v) is 19.4. The molecule has 11 nitrogen and oxygen atoms in total. The highest BCUT2D eigenvalue weighted by molar-refractivity contribution is 5.39. The van der Waals surface area contributed by atoms with E-state index < -0.39 is 22.2 Å². The van der Waals surface area contributed by atoms with Crippen molar-refractivity contribution < 1.29 is 18.8 Å². The Bertz CT molecular complexity index is 1330. The van der Waals surface area contributed by atoms with Crippen molar-refractivity contribution in [3.8, 4) is 0 Å². The van der Waals surface area contributed by atoms with E-state index in [9.17, 15) is 24.0 Å². The third kappa shape index (κ3) is 5.75. The summed E-state index contributed by atoms with van der Waals surface area (Å²) in [6.07, 6.45) is 4.36. The standard InChI is InChI=1S/C23H24F2N8O3/c1-2-30(11-19-12-31(29-28-19)10-17-5-3-4-6-22(17)33(35)36)13-23(34,14-32-16-26-15-27-32)20-8-7-18(24)9-21(20)25/h3-9,12,15-16,34H,2,10-11,13-14H2,1H3. The van der Waals surface area contributed by atoms with Gasteiger partial charge in [0.15, 0.2) is 0 Å². The average molecular weight is 498 g/mol. The van der Waals surface area contributed by atoms with E-state index in [2.05, 4.69) is 20.4 Å². The molecule has 0 spiro atoms. The van der Waals surface area contributed by atoms with E-state index in [0.717, 1.165) is 12.1 Å². The molecule has 0 amide bonds. The minimum absolute atomic E-state index is 0.00997. The highest BCUT2D eigenvalue weighted by atomic mass is 19.1. The van der Waals surface area contributed by atoms with Gasteiger partial charge in [-0.2, -0.15) is 5.10 Å². The molecule has 188 valence electrons. The summed E-state index contributed by atoms with van der Waals surface area (Å²) in [6, 6.07) is 9.43. The Labute approximate surface area is 204 Å². The van der Waals surface area contributed by atoms with E-state index in [0.29, 0.717) is 17.8 Å². The van der Waals surface area contributed by atoms with Crippen molar-refractivity contribution in [3.05, 3.63) is 99.9 Å². The van der Waals surface area contributed by atoms with E-state index in [1.165, 1.54) is 34.2 Å². The number of aromatic nitrogens is 6. The Morgan fingerprint density at radius 1 is 1.19 bits per heavy atom. The van der Waals surface area contributed by atoms with Crippen LogP contribution in [-0.2, 0) is 25.2 Å². The minimum Gasteiger partial charge on any atom is -0.382 e.